The number of likely N-dealkylation sites (tertiary alicyclic amines) is 1. The number of nitrogens with zero attached hydrogens (tertiary/aromatic N) is 2. The van der Waals surface area contributed by atoms with Crippen LogP contribution in [0.5, 0.6) is 11.5 Å². The number of piperazine rings is 1. The summed E-state index contributed by atoms with van der Waals surface area (Å²) < 4.78 is 13.1. The second kappa shape index (κ2) is 14.9. The molecule has 4 aliphatic rings. The highest BCUT2D eigenvalue weighted by molar-refractivity contribution is 5.97. The average Bonchev–Trinajstić information content (AvgIpc) is 3.61. The fourth-order valence-electron chi connectivity index (χ4n) is 7.88. The molecule has 0 aromatic heterocycles. The van der Waals surface area contributed by atoms with Gasteiger partial charge in [-0.05, 0) is 91.8 Å². The monoisotopic (exact) mass is 645 g/mol. The maximum Gasteiger partial charge on any atom is 0.254 e. The molecule has 1 atom stereocenters. The molecule has 2 aromatic carbocycles. The highest BCUT2D eigenvalue weighted by Gasteiger charge is 2.33. The van der Waals surface area contributed by atoms with E-state index < -0.39 is 0 Å². The van der Waals surface area contributed by atoms with E-state index in [2.05, 4.69) is 53.8 Å². The molecule has 3 N–H and O–H groups in total. The van der Waals surface area contributed by atoms with Crippen LogP contribution < -0.4 is 30.3 Å². The van der Waals surface area contributed by atoms with Crippen LogP contribution in [0.15, 0.2) is 36.4 Å². The molecule has 2 aromatic rings. The van der Waals surface area contributed by atoms with Crippen LogP contribution in [0.1, 0.15) is 97.9 Å². The van der Waals surface area contributed by atoms with E-state index in [1.165, 1.54) is 18.4 Å². The van der Waals surface area contributed by atoms with Crippen LogP contribution in [0.4, 0.5) is 5.69 Å². The number of hydrogen-bond acceptors (Lipinski definition) is 7. The van der Waals surface area contributed by atoms with Gasteiger partial charge in [-0.25, -0.2) is 0 Å². The quantitative estimate of drug-likeness (QED) is 0.364. The zero-order chi connectivity index (χ0) is 33.0. The van der Waals surface area contributed by atoms with Crippen LogP contribution in [0.2, 0.25) is 0 Å². The number of nitrogens with one attached hydrogen (secondary N) is 3. The number of anilines is 1. The van der Waals surface area contributed by atoms with Crippen molar-refractivity contribution in [1.29, 1.82) is 0 Å². The molecule has 3 saturated heterocycles. The Morgan fingerprint density at radius 1 is 0.787 bits per heavy atom. The second-order valence-corrected chi connectivity index (χ2v) is 15.0. The lowest BCUT2D eigenvalue weighted by Gasteiger charge is -2.37. The van der Waals surface area contributed by atoms with Gasteiger partial charge in [0.05, 0.1) is 5.56 Å². The SMILES string of the molecule is CNC(=O)c1ccc(N2CCNCC2)cc1OC1CCN(C(=O)c2ccc(O[C@H]3CCNC3)c(C3CCC(C(C)(C)C)CC3)c2)CC1. The normalized spacial score (nSPS) is 24.2. The number of benzene rings is 2. The minimum atomic E-state index is -0.154. The molecule has 0 radical (unpaired) electrons. The molecule has 256 valence electrons. The van der Waals surface area contributed by atoms with Crippen molar-refractivity contribution in [1.82, 2.24) is 20.9 Å². The maximum atomic E-state index is 13.9. The molecule has 47 heavy (non-hydrogen) atoms. The Labute approximate surface area is 281 Å². The molecule has 0 unspecified atom stereocenters. The van der Waals surface area contributed by atoms with Crippen LogP contribution in [0.3, 0.4) is 0 Å². The molecular formula is C38H55N5O4. The van der Waals surface area contributed by atoms with Crippen LogP contribution in [-0.4, -0.2) is 88.3 Å². The highest BCUT2D eigenvalue weighted by atomic mass is 16.5. The van der Waals surface area contributed by atoms with E-state index >= 15 is 0 Å². The molecule has 6 rings (SSSR count). The van der Waals surface area contributed by atoms with Gasteiger partial charge in [-0.2, -0.15) is 0 Å². The number of ether oxygens (including phenoxy) is 2. The van der Waals surface area contributed by atoms with E-state index in [0.717, 1.165) is 94.3 Å². The van der Waals surface area contributed by atoms with Crippen molar-refractivity contribution in [3.05, 3.63) is 53.1 Å². The lowest BCUT2D eigenvalue weighted by molar-refractivity contribution is 0.0593. The largest absolute Gasteiger partial charge is 0.489 e. The topological polar surface area (TPSA) is 95.2 Å². The first kappa shape index (κ1) is 33.6. The van der Waals surface area contributed by atoms with Crippen molar-refractivity contribution >= 4 is 17.5 Å². The maximum absolute atomic E-state index is 13.9. The first-order chi connectivity index (χ1) is 22.7. The first-order valence-electron chi connectivity index (χ1n) is 18.0. The molecular weight excluding hydrogens is 590 g/mol. The van der Waals surface area contributed by atoms with Gasteiger partial charge in [0.25, 0.3) is 11.8 Å². The van der Waals surface area contributed by atoms with Crippen molar-refractivity contribution < 1.29 is 19.1 Å². The van der Waals surface area contributed by atoms with E-state index in [1.54, 1.807) is 7.05 Å². The van der Waals surface area contributed by atoms with Crippen molar-refractivity contribution in [2.45, 2.75) is 83.8 Å². The van der Waals surface area contributed by atoms with Crippen LogP contribution in [-0.2, 0) is 0 Å². The van der Waals surface area contributed by atoms with Crippen molar-refractivity contribution in [2.24, 2.45) is 11.3 Å². The molecule has 1 saturated carbocycles. The predicted octanol–water partition coefficient (Wildman–Crippen LogP) is 5.20. The van der Waals surface area contributed by atoms with Crippen LogP contribution in [0.25, 0.3) is 0 Å². The molecule has 0 spiro atoms. The van der Waals surface area contributed by atoms with E-state index in [0.29, 0.717) is 35.7 Å². The minimum absolute atomic E-state index is 0.0647. The van der Waals surface area contributed by atoms with Gasteiger partial charge in [0.15, 0.2) is 0 Å². The summed E-state index contributed by atoms with van der Waals surface area (Å²) in [6.07, 6.45) is 7.26. The zero-order valence-electron chi connectivity index (χ0n) is 28.9. The summed E-state index contributed by atoms with van der Waals surface area (Å²) in [5, 5.41) is 9.56. The summed E-state index contributed by atoms with van der Waals surface area (Å²) in [6, 6.07) is 12.0. The van der Waals surface area contributed by atoms with E-state index in [9.17, 15) is 9.59 Å². The van der Waals surface area contributed by atoms with Crippen LogP contribution in [0, 0.1) is 11.3 Å². The van der Waals surface area contributed by atoms with Crippen LogP contribution >= 0.6 is 0 Å². The summed E-state index contributed by atoms with van der Waals surface area (Å²) in [6.45, 7) is 13.9. The number of piperidine rings is 1. The Kier molecular flexibility index (Phi) is 10.6. The van der Waals surface area contributed by atoms with Gasteiger partial charge in [0.2, 0.25) is 0 Å². The van der Waals surface area contributed by atoms with Gasteiger partial charge in [-0.15, -0.1) is 0 Å². The Morgan fingerprint density at radius 3 is 2.17 bits per heavy atom. The van der Waals surface area contributed by atoms with Gasteiger partial charge >= 0.3 is 0 Å². The fourth-order valence-corrected chi connectivity index (χ4v) is 7.88. The third kappa shape index (κ3) is 8.06. The van der Waals surface area contributed by atoms with E-state index in [4.69, 9.17) is 9.47 Å². The standard InChI is InChI=1S/C38H55N5O4/c1-38(2,3)28-8-5-26(6-9-28)33-23-27(7-12-34(33)47-31-13-16-41-25-31)37(45)43-19-14-30(15-20-43)46-35-24-29(42-21-17-40-18-22-42)10-11-32(35)36(44)39-4/h7,10-12,23-24,26,28,30-31,40-41H,5-6,8-9,13-22,25H2,1-4H3,(H,39,44)/t26?,28?,31-/m0/s1. The molecule has 1 aliphatic carbocycles. The van der Waals surface area contributed by atoms with Gasteiger partial charge in [0, 0.05) is 83.0 Å². The van der Waals surface area contributed by atoms with Crippen molar-refractivity contribution in [3.63, 3.8) is 0 Å². The Bertz CT molecular complexity index is 1380. The first-order valence-corrected chi connectivity index (χ1v) is 18.0. The van der Waals surface area contributed by atoms with Crippen molar-refractivity contribution in [3.8, 4) is 11.5 Å². The van der Waals surface area contributed by atoms with Gasteiger partial charge in [-0.3, -0.25) is 9.59 Å². The molecule has 9 heteroatoms. The number of rotatable bonds is 8. The zero-order valence-corrected chi connectivity index (χ0v) is 28.9. The molecule has 3 aliphatic heterocycles. The van der Waals surface area contributed by atoms with E-state index in [1.807, 2.05) is 29.2 Å². The molecule has 0 bridgehead atoms. The Morgan fingerprint density at radius 2 is 1.51 bits per heavy atom. The molecule has 2 amide bonds. The lowest BCUT2D eigenvalue weighted by Crippen LogP contribution is -2.43. The molecule has 3 heterocycles. The fraction of sp³-hybridized carbons (Fsp3) is 0.632. The lowest BCUT2D eigenvalue weighted by atomic mass is 9.68. The van der Waals surface area contributed by atoms with E-state index in [-0.39, 0.29) is 24.0 Å². The Balaban J connectivity index is 1.13. The third-order valence-corrected chi connectivity index (χ3v) is 10.9. The Hall–Kier alpha value is -3.30. The van der Waals surface area contributed by atoms with Gasteiger partial charge in [0.1, 0.15) is 23.7 Å². The number of amides is 2. The summed E-state index contributed by atoms with van der Waals surface area (Å²) in [7, 11) is 1.65. The number of hydrogen-bond donors (Lipinski definition) is 3. The smallest absolute Gasteiger partial charge is 0.254 e. The summed E-state index contributed by atoms with van der Waals surface area (Å²) >= 11 is 0. The minimum Gasteiger partial charge on any atom is -0.489 e. The average molecular weight is 646 g/mol. The van der Waals surface area contributed by atoms with Crippen molar-refractivity contribution in [2.75, 3.05) is 64.3 Å². The summed E-state index contributed by atoms with van der Waals surface area (Å²) in [5.74, 6) is 2.64. The highest BCUT2D eigenvalue weighted by Crippen LogP contribution is 2.45. The van der Waals surface area contributed by atoms with Gasteiger partial charge in [-0.1, -0.05) is 20.8 Å². The number of carbonyl (C=O) groups is 2. The number of carbonyl (C=O) groups excluding carboxylic acids is 2. The molecule has 9 nitrogen and oxygen atoms in total. The predicted molar refractivity (Wildman–Crippen MR) is 187 cm³/mol. The second-order valence-electron chi connectivity index (χ2n) is 15.0. The molecule has 4 fully saturated rings. The van der Waals surface area contributed by atoms with Gasteiger partial charge < -0.3 is 35.2 Å². The third-order valence-electron chi connectivity index (χ3n) is 10.9. The summed E-state index contributed by atoms with van der Waals surface area (Å²) in [4.78, 5) is 30.9. The summed E-state index contributed by atoms with van der Waals surface area (Å²) in [5.41, 5.74) is 3.90.